The predicted molar refractivity (Wildman–Crippen MR) is 100 cm³/mol. The summed E-state index contributed by atoms with van der Waals surface area (Å²) in [4.78, 5) is 8.66. The van der Waals surface area contributed by atoms with E-state index >= 15 is 0 Å². The SMILES string of the molecule is CC(C)(C)[Si](Oc1ncccn1)(c1ccccc1)c1ccccc1. The van der Waals surface area contributed by atoms with Gasteiger partial charge in [0.2, 0.25) is 0 Å². The molecule has 0 saturated carbocycles. The molecular weight excluding hydrogens is 312 g/mol. The van der Waals surface area contributed by atoms with E-state index in [1.54, 1.807) is 18.5 Å². The Balaban J connectivity index is 2.25. The number of hydrogen-bond donors (Lipinski definition) is 0. The van der Waals surface area contributed by atoms with Crippen molar-refractivity contribution in [3.8, 4) is 6.01 Å². The maximum Gasteiger partial charge on any atom is 0.324 e. The van der Waals surface area contributed by atoms with Gasteiger partial charge in [0.15, 0.2) is 0 Å². The van der Waals surface area contributed by atoms with Crippen molar-refractivity contribution in [3.63, 3.8) is 0 Å². The molecule has 3 aromatic rings. The van der Waals surface area contributed by atoms with Gasteiger partial charge in [-0.25, -0.2) is 9.97 Å². The highest BCUT2D eigenvalue weighted by Crippen LogP contribution is 2.36. The molecule has 0 atom stereocenters. The molecular formula is C20H22N2OSi. The lowest BCUT2D eigenvalue weighted by Crippen LogP contribution is -2.69. The van der Waals surface area contributed by atoms with Crippen molar-refractivity contribution >= 4 is 18.7 Å². The zero-order chi connectivity index (χ0) is 17.0. The molecule has 3 nitrogen and oxygen atoms in total. The summed E-state index contributed by atoms with van der Waals surface area (Å²) in [5.41, 5.74) is 0. The Morgan fingerprint density at radius 1 is 0.708 bits per heavy atom. The van der Waals surface area contributed by atoms with Gasteiger partial charge in [-0.15, -0.1) is 0 Å². The zero-order valence-corrected chi connectivity index (χ0v) is 15.3. The Kier molecular flexibility index (Phi) is 4.49. The Labute approximate surface area is 144 Å². The number of benzene rings is 2. The maximum absolute atomic E-state index is 6.66. The molecule has 0 fully saturated rings. The van der Waals surface area contributed by atoms with Gasteiger partial charge >= 0.3 is 14.3 Å². The molecule has 0 amide bonds. The molecule has 1 aromatic heterocycles. The first-order valence-electron chi connectivity index (χ1n) is 8.11. The summed E-state index contributed by atoms with van der Waals surface area (Å²) >= 11 is 0. The smallest absolute Gasteiger partial charge is 0.324 e. The van der Waals surface area contributed by atoms with E-state index in [0.29, 0.717) is 6.01 Å². The summed E-state index contributed by atoms with van der Waals surface area (Å²) in [6, 6.07) is 23.2. The minimum absolute atomic E-state index is 0.0884. The highest BCUT2D eigenvalue weighted by Gasteiger charge is 2.52. The van der Waals surface area contributed by atoms with Crippen LogP contribution in [0.4, 0.5) is 0 Å². The fourth-order valence-electron chi connectivity index (χ4n) is 3.12. The van der Waals surface area contributed by atoms with Gasteiger partial charge in [-0.05, 0) is 21.5 Å². The molecule has 2 aromatic carbocycles. The predicted octanol–water partition coefficient (Wildman–Crippen LogP) is 3.42. The molecule has 0 bridgehead atoms. The Hall–Kier alpha value is -2.46. The van der Waals surface area contributed by atoms with E-state index in [0.717, 1.165) is 0 Å². The van der Waals surface area contributed by atoms with Gasteiger partial charge in [-0.1, -0.05) is 81.4 Å². The van der Waals surface area contributed by atoms with Crippen LogP contribution < -0.4 is 14.8 Å². The van der Waals surface area contributed by atoms with Crippen molar-refractivity contribution in [1.82, 2.24) is 9.97 Å². The van der Waals surface area contributed by atoms with E-state index < -0.39 is 8.32 Å². The molecule has 1 heterocycles. The monoisotopic (exact) mass is 334 g/mol. The maximum atomic E-state index is 6.66. The van der Waals surface area contributed by atoms with Crippen LogP contribution in [0, 0.1) is 0 Å². The van der Waals surface area contributed by atoms with Crippen LogP contribution in [0.1, 0.15) is 20.8 Å². The van der Waals surface area contributed by atoms with Gasteiger partial charge in [0.05, 0.1) is 0 Å². The number of aromatic nitrogens is 2. The van der Waals surface area contributed by atoms with Gasteiger partial charge in [0.1, 0.15) is 0 Å². The van der Waals surface area contributed by atoms with Crippen molar-refractivity contribution in [2.75, 3.05) is 0 Å². The molecule has 0 saturated heterocycles. The van der Waals surface area contributed by atoms with Gasteiger partial charge in [-0.2, -0.15) is 0 Å². The van der Waals surface area contributed by atoms with E-state index in [-0.39, 0.29) is 5.04 Å². The zero-order valence-electron chi connectivity index (χ0n) is 14.3. The quantitative estimate of drug-likeness (QED) is 0.686. The second kappa shape index (κ2) is 6.57. The lowest BCUT2D eigenvalue weighted by molar-refractivity contribution is 0.473. The van der Waals surface area contributed by atoms with E-state index in [9.17, 15) is 0 Å². The third kappa shape index (κ3) is 2.97. The molecule has 0 spiro atoms. The van der Waals surface area contributed by atoms with E-state index in [4.69, 9.17) is 4.43 Å². The molecule has 0 aliphatic heterocycles. The van der Waals surface area contributed by atoms with Crippen LogP contribution in [-0.4, -0.2) is 18.3 Å². The van der Waals surface area contributed by atoms with Crippen LogP contribution in [0.3, 0.4) is 0 Å². The van der Waals surface area contributed by atoms with Crippen molar-refractivity contribution in [2.45, 2.75) is 25.8 Å². The normalized spacial score (nSPS) is 12.0. The molecule has 24 heavy (non-hydrogen) atoms. The largest absolute Gasteiger partial charge is 0.507 e. The van der Waals surface area contributed by atoms with Gasteiger partial charge in [0.25, 0.3) is 0 Å². The molecule has 122 valence electrons. The van der Waals surface area contributed by atoms with Gasteiger partial charge in [0, 0.05) is 12.4 Å². The minimum Gasteiger partial charge on any atom is -0.507 e. The first-order chi connectivity index (χ1) is 11.5. The lowest BCUT2D eigenvalue weighted by atomic mass is 10.2. The Bertz CT molecular complexity index is 731. The third-order valence-electron chi connectivity index (χ3n) is 4.20. The Morgan fingerprint density at radius 2 is 1.17 bits per heavy atom. The average molecular weight is 334 g/mol. The molecule has 3 rings (SSSR count). The summed E-state index contributed by atoms with van der Waals surface area (Å²) < 4.78 is 6.66. The standard InChI is InChI=1S/C20H22N2OSi/c1-20(2,3)24(17-11-6-4-7-12-17,18-13-8-5-9-14-18)23-19-21-15-10-16-22-19/h4-16H,1-3H3. The van der Waals surface area contributed by atoms with Crippen molar-refractivity contribution in [2.24, 2.45) is 0 Å². The fourth-order valence-corrected chi connectivity index (χ4v) is 7.43. The highest BCUT2D eigenvalue weighted by molar-refractivity contribution is 7.00. The van der Waals surface area contributed by atoms with Crippen molar-refractivity contribution in [3.05, 3.63) is 79.1 Å². The van der Waals surface area contributed by atoms with Crippen LogP contribution in [-0.2, 0) is 0 Å². The van der Waals surface area contributed by atoms with Crippen LogP contribution in [0.25, 0.3) is 0 Å². The summed E-state index contributed by atoms with van der Waals surface area (Å²) in [5.74, 6) is 0. The van der Waals surface area contributed by atoms with Crippen LogP contribution in [0.15, 0.2) is 79.1 Å². The molecule has 0 aliphatic rings. The van der Waals surface area contributed by atoms with E-state index in [1.165, 1.54) is 10.4 Å². The summed E-state index contributed by atoms with van der Waals surface area (Å²) in [5, 5.41) is 2.35. The molecule has 0 aliphatic carbocycles. The first kappa shape index (κ1) is 16.4. The van der Waals surface area contributed by atoms with Crippen LogP contribution in [0.5, 0.6) is 6.01 Å². The van der Waals surface area contributed by atoms with Crippen molar-refractivity contribution in [1.29, 1.82) is 0 Å². The Morgan fingerprint density at radius 3 is 1.58 bits per heavy atom. The topological polar surface area (TPSA) is 35.0 Å². The lowest BCUT2D eigenvalue weighted by Gasteiger charge is -2.42. The summed E-state index contributed by atoms with van der Waals surface area (Å²) in [7, 11) is -2.62. The van der Waals surface area contributed by atoms with E-state index in [2.05, 4.69) is 79.3 Å². The molecule has 0 radical (unpaired) electrons. The van der Waals surface area contributed by atoms with E-state index in [1.807, 2.05) is 12.1 Å². The van der Waals surface area contributed by atoms with Crippen molar-refractivity contribution < 1.29 is 4.43 Å². The first-order valence-corrected chi connectivity index (χ1v) is 10.0. The second-order valence-corrected chi connectivity index (χ2v) is 11.0. The van der Waals surface area contributed by atoms with Gasteiger partial charge < -0.3 is 4.43 Å². The molecule has 0 unspecified atom stereocenters. The summed E-state index contributed by atoms with van der Waals surface area (Å²) in [6.07, 6.45) is 3.44. The fraction of sp³-hybridized carbons (Fsp3) is 0.200. The minimum atomic E-state index is -2.62. The number of nitrogens with zero attached hydrogens (tertiary/aromatic N) is 2. The van der Waals surface area contributed by atoms with Crippen LogP contribution >= 0.6 is 0 Å². The van der Waals surface area contributed by atoms with Crippen LogP contribution in [0.2, 0.25) is 5.04 Å². The number of rotatable bonds is 4. The molecule has 0 N–H and O–H groups in total. The summed E-state index contributed by atoms with van der Waals surface area (Å²) in [6.45, 7) is 6.71. The number of hydrogen-bond acceptors (Lipinski definition) is 3. The third-order valence-corrected chi connectivity index (χ3v) is 9.10. The highest BCUT2D eigenvalue weighted by atomic mass is 28.4. The van der Waals surface area contributed by atoms with Gasteiger partial charge in [-0.3, -0.25) is 0 Å². The average Bonchev–Trinajstić information content (AvgIpc) is 2.61. The molecule has 4 heteroatoms. The second-order valence-electron chi connectivity index (χ2n) is 6.80.